The van der Waals surface area contributed by atoms with Crippen LogP contribution in [0.2, 0.25) is 0 Å². The third-order valence-electron chi connectivity index (χ3n) is 7.96. The number of imidazole rings is 1. The molecule has 0 aliphatic carbocycles. The van der Waals surface area contributed by atoms with Gasteiger partial charge in [0.2, 0.25) is 0 Å². The molecule has 5 N–H and O–H groups in total. The number of halogens is 9. The molecule has 334 valence electrons. The summed E-state index contributed by atoms with van der Waals surface area (Å²) in [5.74, 6) is -7.90. The number of benzene rings is 1. The number of carboxylic acids is 3. The maximum absolute atomic E-state index is 13.0. The van der Waals surface area contributed by atoms with Crippen molar-refractivity contribution in [1.29, 1.82) is 0 Å². The second-order valence-electron chi connectivity index (χ2n) is 12.4. The monoisotopic (exact) mass is 876 g/mol. The molecule has 0 bridgehead atoms. The molecule has 3 heterocycles. The minimum Gasteiger partial charge on any atom is -0.496 e. The van der Waals surface area contributed by atoms with E-state index in [4.69, 9.17) is 39.4 Å². The highest BCUT2D eigenvalue weighted by Crippen LogP contribution is 2.30. The topological polar surface area (TPSA) is 232 Å². The van der Waals surface area contributed by atoms with E-state index < -0.39 is 54.3 Å². The number of pyridine rings is 1. The van der Waals surface area contributed by atoms with Gasteiger partial charge in [0.25, 0.3) is 0 Å². The number of rotatable bonds is 11. The number of ketones is 1. The first-order valence-electron chi connectivity index (χ1n) is 17.4. The van der Waals surface area contributed by atoms with Crippen molar-refractivity contribution in [3.8, 4) is 17.1 Å². The lowest BCUT2D eigenvalue weighted by atomic mass is 10.0. The highest BCUT2D eigenvalue weighted by molar-refractivity contribution is 6.35. The predicted octanol–water partition coefficient (Wildman–Crippen LogP) is 5.39. The summed E-state index contributed by atoms with van der Waals surface area (Å²) in [7, 11) is 3.63. The van der Waals surface area contributed by atoms with Crippen molar-refractivity contribution in [2.45, 2.75) is 70.0 Å². The number of aliphatic carboxylic acids is 3. The number of H-pyrrole nitrogens is 1. The van der Waals surface area contributed by atoms with Crippen molar-refractivity contribution in [2.24, 2.45) is 0 Å². The van der Waals surface area contributed by atoms with E-state index in [9.17, 15) is 53.9 Å². The largest absolute Gasteiger partial charge is 0.496 e. The maximum Gasteiger partial charge on any atom is 0.490 e. The Kier molecular flexibility index (Phi) is 20.4. The summed E-state index contributed by atoms with van der Waals surface area (Å²) in [5.41, 5.74) is 2.15. The number of methoxy groups -OCH3 is 1. The summed E-state index contributed by atoms with van der Waals surface area (Å²) in [4.78, 5) is 80.6. The Morgan fingerprint density at radius 3 is 1.83 bits per heavy atom. The smallest absolute Gasteiger partial charge is 0.490 e. The fourth-order valence-electron chi connectivity index (χ4n) is 4.77. The van der Waals surface area contributed by atoms with E-state index in [1.54, 1.807) is 18.2 Å². The molecule has 1 aliphatic heterocycles. The van der Waals surface area contributed by atoms with Crippen molar-refractivity contribution in [2.75, 3.05) is 40.3 Å². The van der Waals surface area contributed by atoms with Crippen LogP contribution < -0.4 is 10.1 Å². The van der Waals surface area contributed by atoms with Crippen molar-refractivity contribution < 1.29 is 88.3 Å². The number of para-hydroxylation sites is 1. The number of fused-ring (bicyclic) bond motifs is 1. The van der Waals surface area contributed by atoms with Gasteiger partial charge in [-0.2, -0.15) is 39.5 Å². The molecule has 0 radical (unpaired) electrons. The lowest BCUT2D eigenvalue weighted by Crippen LogP contribution is -2.52. The molecular weight excluding hydrogens is 835 g/mol. The zero-order valence-electron chi connectivity index (χ0n) is 32.0. The molecule has 25 heteroatoms. The van der Waals surface area contributed by atoms with Crippen molar-refractivity contribution in [3.05, 3.63) is 42.4 Å². The van der Waals surface area contributed by atoms with E-state index in [1.807, 2.05) is 44.3 Å². The number of alkyl halides is 9. The second kappa shape index (κ2) is 23.5. The number of hydrogen-bond donors (Lipinski definition) is 5. The molecule has 3 aromatic rings. The summed E-state index contributed by atoms with van der Waals surface area (Å²) < 4.78 is 101. The molecule has 16 nitrogen and oxygen atoms in total. The molecule has 2 aromatic heterocycles. The Hall–Kier alpha value is -6.01. The molecule has 0 unspecified atom stereocenters. The number of nitrogens with one attached hydrogen (secondary N) is 2. The Morgan fingerprint density at radius 1 is 0.833 bits per heavy atom. The maximum atomic E-state index is 13.0. The Morgan fingerprint density at radius 2 is 1.35 bits per heavy atom. The summed E-state index contributed by atoms with van der Waals surface area (Å²) in [6.07, 6.45) is -9.43. The Labute approximate surface area is 334 Å². The first-order valence-corrected chi connectivity index (χ1v) is 17.4. The molecule has 2 amide bonds. The van der Waals surface area contributed by atoms with E-state index in [1.165, 1.54) is 0 Å². The third-order valence-corrected chi connectivity index (χ3v) is 7.96. The Bertz CT molecular complexity index is 1860. The Balaban J connectivity index is 0.000000702. The molecule has 1 fully saturated rings. The summed E-state index contributed by atoms with van der Waals surface area (Å²) in [6.45, 7) is 4.41. The van der Waals surface area contributed by atoms with Crippen LogP contribution in [0.5, 0.6) is 5.75 Å². The van der Waals surface area contributed by atoms with Crippen LogP contribution in [0.4, 0.5) is 39.5 Å². The molecule has 1 aromatic carbocycles. The molecule has 1 saturated heterocycles. The van der Waals surface area contributed by atoms with Crippen LogP contribution in [0.3, 0.4) is 0 Å². The number of Topliss-reactive ketones (excluding diaryl/α,β-unsaturated/α-hetero) is 1. The average Bonchev–Trinajstić information content (AvgIpc) is 3.67. The number of carbonyl (C=O) groups excluding carboxylic acids is 3. The van der Waals surface area contributed by atoms with Crippen LogP contribution in [-0.2, 0) is 28.8 Å². The average molecular weight is 877 g/mol. The van der Waals surface area contributed by atoms with Crippen LogP contribution in [0, 0.1) is 0 Å². The van der Waals surface area contributed by atoms with Crippen LogP contribution in [0.15, 0.2) is 36.5 Å². The van der Waals surface area contributed by atoms with Crippen LogP contribution >= 0.6 is 0 Å². The number of nitrogens with zero attached hydrogens (tertiary/aromatic N) is 4. The highest BCUT2D eigenvalue weighted by Gasteiger charge is 2.39. The number of aromatic amines is 1. The van der Waals surface area contributed by atoms with Gasteiger partial charge in [0.1, 0.15) is 17.4 Å². The number of unbranched alkanes of at least 4 members (excludes halogenated alkanes) is 2. The van der Waals surface area contributed by atoms with Gasteiger partial charge in [0.05, 0.1) is 36.3 Å². The molecule has 1 atom stereocenters. The van der Waals surface area contributed by atoms with Crippen molar-refractivity contribution >= 4 is 46.4 Å². The fourth-order valence-corrected chi connectivity index (χ4v) is 4.77. The van der Waals surface area contributed by atoms with E-state index in [2.05, 4.69) is 20.2 Å². The number of ether oxygens (including phenoxy) is 1. The van der Waals surface area contributed by atoms with Crippen LogP contribution in [0.1, 0.15) is 57.3 Å². The molecule has 60 heavy (non-hydrogen) atoms. The fraction of sp³-hybridized carbons (Fsp3) is 0.486. The predicted molar refractivity (Wildman–Crippen MR) is 190 cm³/mol. The molecular formula is C35H41F9N6O10. The van der Waals surface area contributed by atoms with Gasteiger partial charge in [0, 0.05) is 50.5 Å². The minimum absolute atomic E-state index is 0.256. The minimum atomic E-state index is -5.08. The molecule has 0 saturated carbocycles. The zero-order chi connectivity index (χ0) is 46.0. The van der Waals surface area contributed by atoms with Crippen molar-refractivity contribution in [3.63, 3.8) is 0 Å². The molecule has 1 aliphatic rings. The van der Waals surface area contributed by atoms with Gasteiger partial charge in [-0.3, -0.25) is 14.4 Å². The molecule has 0 spiro atoms. The second-order valence-corrected chi connectivity index (χ2v) is 12.4. The van der Waals surface area contributed by atoms with E-state index in [-0.39, 0.29) is 5.78 Å². The van der Waals surface area contributed by atoms with Crippen molar-refractivity contribution in [1.82, 2.24) is 30.1 Å². The lowest BCUT2D eigenvalue weighted by molar-refractivity contribution is -0.193. The number of piperazine rings is 1. The zero-order valence-corrected chi connectivity index (χ0v) is 32.0. The first kappa shape index (κ1) is 52.0. The number of hydrogen-bond acceptors (Lipinski definition) is 10. The molecule has 4 rings (SSSR count). The highest BCUT2D eigenvalue weighted by atomic mass is 19.4. The van der Waals surface area contributed by atoms with Gasteiger partial charge in [0.15, 0.2) is 0 Å². The lowest BCUT2D eigenvalue weighted by Gasteiger charge is -2.32. The van der Waals surface area contributed by atoms with Gasteiger partial charge in [-0.25, -0.2) is 24.4 Å². The third kappa shape index (κ3) is 18.3. The van der Waals surface area contributed by atoms with Gasteiger partial charge in [-0.05, 0) is 32.0 Å². The number of likely N-dealkylation sites (N-methyl/N-ethyl adjacent to an activating group) is 1. The number of carboxylic acid groups (broad SMARTS) is 3. The number of amides is 2. The van der Waals surface area contributed by atoms with Gasteiger partial charge in [-0.15, -0.1) is 0 Å². The quantitative estimate of drug-likeness (QED) is 0.0925. The number of carbonyl (C=O) groups is 6. The van der Waals surface area contributed by atoms with E-state index in [0.717, 1.165) is 43.3 Å². The summed E-state index contributed by atoms with van der Waals surface area (Å²) in [6, 6.07) is 9.12. The standard InChI is InChI=1S/C29H38N6O4.3C2HF3O2/c1-4-20(36)10-6-5-7-13-23(33-28(37)29(38)35-16-14-34(2)15-17-35)27-30-19-25(32-27)24-18-26(39-3)21-11-8-9-12-22(21)31-24;3*3-2(4,5)1(6)7/h8-9,11-12,18-19,23H,4-7,10,13-17H2,1-3H3,(H,30,32)(H,33,37);3*(H,6,7)/t23-;;;/m0.../s1. The summed E-state index contributed by atoms with van der Waals surface area (Å²) in [5, 5.41) is 25.2. The number of aromatic nitrogens is 3. The van der Waals surface area contributed by atoms with Gasteiger partial charge >= 0.3 is 48.3 Å². The van der Waals surface area contributed by atoms with E-state index >= 15 is 0 Å². The normalized spacial score (nSPS) is 13.6. The summed E-state index contributed by atoms with van der Waals surface area (Å²) >= 11 is 0. The van der Waals surface area contributed by atoms with E-state index in [0.29, 0.717) is 55.3 Å². The van der Waals surface area contributed by atoms with Crippen LogP contribution in [-0.4, -0.2) is 134 Å². The van der Waals surface area contributed by atoms with Gasteiger partial charge in [-0.1, -0.05) is 31.9 Å². The van der Waals surface area contributed by atoms with Crippen LogP contribution in [0.25, 0.3) is 22.3 Å². The first-order chi connectivity index (χ1) is 27.7. The van der Waals surface area contributed by atoms with Gasteiger partial charge < -0.3 is 40.2 Å². The SMILES string of the molecule is CCC(=O)CCCCC[C@H](NC(=O)C(=O)N1CCN(C)CC1)c1ncc(-c2cc(OC)c3ccccc3n2)[nH]1.O=C(O)C(F)(F)F.O=C(O)C(F)(F)F.O=C(O)C(F)(F)F.